The van der Waals surface area contributed by atoms with Crippen LogP contribution in [0.5, 0.6) is 0 Å². The maximum Gasteiger partial charge on any atom is -0.00474 e. The Bertz CT molecular complexity index is 36.1. The maximum atomic E-state index is 2.38. The van der Waals surface area contributed by atoms with E-state index in [1.807, 2.05) is 0 Å². The molecule has 0 radical (unpaired) electrons. The van der Waals surface area contributed by atoms with Crippen molar-refractivity contribution in [2.45, 2.75) is 20.8 Å². The Morgan fingerprint density at radius 2 is 0.818 bits per heavy atom. The topological polar surface area (TPSA) is 129 Å². The van der Waals surface area contributed by atoms with Crippen LogP contribution in [0.4, 0.5) is 0 Å². The second-order valence-corrected chi connectivity index (χ2v) is 1.62. The highest BCUT2D eigenvalue weighted by molar-refractivity contribution is 4.43. The molecular formula is C6H23NO4. The van der Waals surface area contributed by atoms with Crippen molar-refractivity contribution in [1.82, 2.24) is 4.90 Å². The Balaban J connectivity index is -0.0000000300. The molecule has 0 aromatic rings. The smallest absolute Gasteiger partial charge is 0.00474 e. The van der Waals surface area contributed by atoms with E-state index in [0.29, 0.717) is 0 Å². The molecule has 5 heteroatoms. The molecule has 0 aliphatic carbocycles. The lowest BCUT2D eigenvalue weighted by atomic mass is 10.5. The van der Waals surface area contributed by atoms with E-state index in [0.717, 1.165) is 0 Å². The highest BCUT2D eigenvalue weighted by Crippen LogP contribution is 1.81. The normalized spacial score (nSPS) is 6.55. The first-order valence-electron chi connectivity index (χ1n) is 3.07. The van der Waals surface area contributed by atoms with Crippen molar-refractivity contribution in [3.63, 3.8) is 0 Å². The van der Waals surface area contributed by atoms with E-state index in [-0.39, 0.29) is 21.9 Å². The van der Waals surface area contributed by atoms with Crippen LogP contribution in [0.1, 0.15) is 20.8 Å². The molecule has 0 aliphatic heterocycles. The number of hydrogen-bond donors (Lipinski definition) is 0. The van der Waals surface area contributed by atoms with E-state index in [2.05, 4.69) is 25.7 Å². The molecule has 0 atom stereocenters. The fourth-order valence-corrected chi connectivity index (χ4v) is 0.671. The summed E-state index contributed by atoms with van der Waals surface area (Å²) < 4.78 is 0. The van der Waals surface area contributed by atoms with Crippen LogP contribution in [0.25, 0.3) is 0 Å². The number of nitrogens with zero attached hydrogens (tertiary/aromatic N) is 1. The van der Waals surface area contributed by atoms with Gasteiger partial charge in [0.15, 0.2) is 0 Å². The van der Waals surface area contributed by atoms with Crippen LogP contribution in [0, 0.1) is 0 Å². The minimum atomic E-state index is 0. The molecule has 0 saturated heterocycles. The fraction of sp³-hybridized carbons (Fsp3) is 1.00. The summed E-state index contributed by atoms with van der Waals surface area (Å²) in [7, 11) is 0. The van der Waals surface area contributed by atoms with Gasteiger partial charge in [-0.1, -0.05) is 20.8 Å². The molecule has 0 amide bonds. The Kier molecular flexibility index (Phi) is 63.2. The van der Waals surface area contributed by atoms with E-state index in [1.54, 1.807) is 0 Å². The molecule has 76 valence electrons. The monoisotopic (exact) mass is 173 g/mol. The largest absolute Gasteiger partial charge is 0.412 e. The summed E-state index contributed by atoms with van der Waals surface area (Å²) >= 11 is 0. The van der Waals surface area contributed by atoms with Gasteiger partial charge in [-0.05, 0) is 19.6 Å². The molecular weight excluding hydrogens is 150 g/mol. The Hall–Kier alpha value is -0.200. The highest BCUT2D eigenvalue weighted by Gasteiger charge is 1.89. The van der Waals surface area contributed by atoms with Gasteiger partial charge in [0.1, 0.15) is 0 Å². The van der Waals surface area contributed by atoms with Crippen LogP contribution in [0.2, 0.25) is 0 Å². The zero-order valence-electron chi connectivity index (χ0n) is 7.57. The van der Waals surface area contributed by atoms with Gasteiger partial charge < -0.3 is 26.8 Å². The predicted octanol–water partition coefficient (Wildman–Crippen LogP) is -1.95. The van der Waals surface area contributed by atoms with Gasteiger partial charge in [-0.25, -0.2) is 0 Å². The second kappa shape index (κ2) is 22.6. The fourth-order valence-electron chi connectivity index (χ4n) is 0.671. The van der Waals surface area contributed by atoms with Crippen molar-refractivity contribution in [3.05, 3.63) is 0 Å². The molecule has 8 N–H and O–H groups in total. The first-order chi connectivity index (χ1) is 3.35. The van der Waals surface area contributed by atoms with Crippen molar-refractivity contribution in [2.75, 3.05) is 19.6 Å². The highest BCUT2D eigenvalue weighted by atomic mass is 16.0. The SMILES string of the molecule is CCN(CC)CC.O.O.O.O. The Labute approximate surface area is 68.2 Å². The lowest BCUT2D eigenvalue weighted by Crippen LogP contribution is -2.21. The van der Waals surface area contributed by atoms with Gasteiger partial charge in [0.2, 0.25) is 0 Å². The van der Waals surface area contributed by atoms with Gasteiger partial charge in [0, 0.05) is 0 Å². The lowest BCUT2D eigenvalue weighted by molar-refractivity contribution is 0.321. The summed E-state index contributed by atoms with van der Waals surface area (Å²) in [6.45, 7) is 10.1. The molecule has 0 spiro atoms. The van der Waals surface area contributed by atoms with Gasteiger partial charge in [0.25, 0.3) is 0 Å². The summed E-state index contributed by atoms with van der Waals surface area (Å²) in [5, 5.41) is 0. The third-order valence-corrected chi connectivity index (χ3v) is 1.34. The zero-order chi connectivity index (χ0) is 5.70. The minimum Gasteiger partial charge on any atom is -0.412 e. The molecule has 0 rings (SSSR count). The van der Waals surface area contributed by atoms with Crippen molar-refractivity contribution in [3.8, 4) is 0 Å². The summed E-state index contributed by atoms with van der Waals surface area (Å²) in [6, 6.07) is 0. The van der Waals surface area contributed by atoms with Gasteiger partial charge in [-0.15, -0.1) is 0 Å². The molecule has 5 nitrogen and oxygen atoms in total. The lowest BCUT2D eigenvalue weighted by Gasteiger charge is -2.13. The van der Waals surface area contributed by atoms with E-state index in [9.17, 15) is 0 Å². The average Bonchev–Trinajstić information content (AvgIpc) is 1.72. The van der Waals surface area contributed by atoms with Crippen LogP contribution in [0.15, 0.2) is 0 Å². The van der Waals surface area contributed by atoms with E-state index >= 15 is 0 Å². The Morgan fingerprint density at radius 1 is 0.636 bits per heavy atom. The first kappa shape index (κ1) is 30.8. The molecule has 0 heterocycles. The summed E-state index contributed by atoms with van der Waals surface area (Å²) in [5.41, 5.74) is 0. The minimum absolute atomic E-state index is 0. The van der Waals surface area contributed by atoms with E-state index in [4.69, 9.17) is 0 Å². The molecule has 0 aromatic carbocycles. The van der Waals surface area contributed by atoms with E-state index < -0.39 is 0 Å². The van der Waals surface area contributed by atoms with Gasteiger partial charge in [-0.3, -0.25) is 0 Å². The van der Waals surface area contributed by atoms with Crippen LogP contribution in [-0.2, 0) is 0 Å². The maximum absolute atomic E-state index is 2.38. The second-order valence-electron chi connectivity index (χ2n) is 1.62. The number of hydrogen-bond acceptors (Lipinski definition) is 1. The molecule has 0 aromatic heterocycles. The molecule has 0 bridgehead atoms. The third kappa shape index (κ3) is 17.7. The van der Waals surface area contributed by atoms with Gasteiger partial charge in [0.05, 0.1) is 0 Å². The van der Waals surface area contributed by atoms with Crippen LogP contribution < -0.4 is 0 Å². The standard InChI is InChI=1S/C6H15N.4H2O/c1-4-7(5-2)6-3;;;;/h4-6H2,1-3H3;4*1H2. The van der Waals surface area contributed by atoms with Crippen LogP contribution in [0.3, 0.4) is 0 Å². The molecule has 0 fully saturated rings. The quantitative estimate of drug-likeness (QED) is 0.482. The van der Waals surface area contributed by atoms with Crippen molar-refractivity contribution in [1.29, 1.82) is 0 Å². The molecule has 0 unspecified atom stereocenters. The van der Waals surface area contributed by atoms with Crippen LogP contribution >= 0.6 is 0 Å². The van der Waals surface area contributed by atoms with Crippen molar-refractivity contribution < 1.29 is 21.9 Å². The summed E-state index contributed by atoms with van der Waals surface area (Å²) in [5.74, 6) is 0. The van der Waals surface area contributed by atoms with E-state index in [1.165, 1.54) is 19.6 Å². The molecule has 0 aliphatic rings. The average molecular weight is 173 g/mol. The summed E-state index contributed by atoms with van der Waals surface area (Å²) in [4.78, 5) is 2.38. The van der Waals surface area contributed by atoms with Gasteiger partial charge in [-0.2, -0.15) is 0 Å². The predicted molar refractivity (Wildman–Crippen MR) is 47.9 cm³/mol. The third-order valence-electron chi connectivity index (χ3n) is 1.34. The van der Waals surface area contributed by atoms with Gasteiger partial charge >= 0.3 is 0 Å². The summed E-state index contributed by atoms with van der Waals surface area (Å²) in [6.07, 6.45) is 0. The zero-order valence-corrected chi connectivity index (χ0v) is 7.57. The Morgan fingerprint density at radius 3 is 0.818 bits per heavy atom. The number of rotatable bonds is 3. The molecule has 0 saturated carbocycles. The molecule has 11 heavy (non-hydrogen) atoms. The van der Waals surface area contributed by atoms with Crippen molar-refractivity contribution in [2.24, 2.45) is 0 Å². The van der Waals surface area contributed by atoms with Crippen molar-refractivity contribution >= 4 is 0 Å². The first-order valence-corrected chi connectivity index (χ1v) is 3.07. The van der Waals surface area contributed by atoms with Crippen LogP contribution in [-0.4, -0.2) is 46.4 Å².